The van der Waals surface area contributed by atoms with Gasteiger partial charge in [-0.2, -0.15) is 9.28 Å². The highest BCUT2D eigenvalue weighted by Gasteiger charge is 2.47. The Kier molecular flexibility index (Phi) is 7.35. The van der Waals surface area contributed by atoms with Gasteiger partial charge in [0.1, 0.15) is 5.02 Å². The molecule has 3 heterocycles. The molecule has 34 heavy (non-hydrogen) atoms. The summed E-state index contributed by atoms with van der Waals surface area (Å²) in [6, 6.07) is 11.2. The van der Waals surface area contributed by atoms with Crippen molar-refractivity contribution in [2.45, 2.75) is 19.8 Å². The Morgan fingerprint density at radius 1 is 1.26 bits per heavy atom. The number of rotatable bonds is 6. The highest BCUT2D eigenvalue weighted by Crippen LogP contribution is 2.36. The van der Waals surface area contributed by atoms with Crippen LogP contribution in [0.15, 0.2) is 48.0 Å². The van der Waals surface area contributed by atoms with Gasteiger partial charge >= 0.3 is 6.09 Å². The Labute approximate surface area is 206 Å². The average molecular weight is 499 g/mol. The fraction of sp³-hybridized carbons (Fsp3) is 0.292. The van der Waals surface area contributed by atoms with Gasteiger partial charge in [0.15, 0.2) is 5.13 Å². The van der Waals surface area contributed by atoms with Crippen molar-refractivity contribution in [1.29, 1.82) is 0 Å². The molecule has 175 valence electrons. The minimum Gasteiger partial charge on any atom is -0.420 e. The first-order valence-corrected chi connectivity index (χ1v) is 12.1. The van der Waals surface area contributed by atoms with Gasteiger partial charge in [-0.3, -0.25) is 14.9 Å². The molecule has 1 aromatic carbocycles. The van der Waals surface area contributed by atoms with E-state index >= 15 is 0 Å². The molecule has 1 saturated heterocycles. The zero-order valence-electron chi connectivity index (χ0n) is 18.5. The van der Waals surface area contributed by atoms with E-state index in [1.807, 2.05) is 42.0 Å². The number of hydrogen-bond donors (Lipinski definition) is 1. The number of anilines is 1. The number of carbonyl (C=O) groups excluding carboxylic acids is 3. The second-order valence-corrected chi connectivity index (χ2v) is 9.16. The molecule has 0 bridgehead atoms. The van der Waals surface area contributed by atoms with Crippen molar-refractivity contribution < 1.29 is 19.1 Å². The lowest BCUT2D eigenvalue weighted by atomic mass is 9.96. The summed E-state index contributed by atoms with van der Waals surface area (Å²) in [5, 5.41) is 5.27. The summed E-state index contributed by atoms with van der Waals surface area (Å²) >= 11 is 7.86. The normalized spacial score (nSPS) is 19.9. The molecule has 4 rings (SSSR count). The van der Waals surface area contributed by atoms with Gasteiger partial charge in [-0.05, 0) is 13.0 Å². The molecule has 0 spiro atoms. The van der Waals surface area contributed by atoms with Crippen LogP contribution in [0.5, 0.6) is 0 Å². The molecule has 2 amide bonds. The van der Waals surface area contributed by atoms with E-state index in [0.29, 0.717) is 36.9 Å². The lowest BCUT2D eigenvalue weighted by Crippen LogP contribution is -2.59. The van der Waals surface area contributed by atoms with E-state index in [1.54, 1.807) is 6.92 Å². The number of halogens is 1. The molecule has 8 nitrogen and oxygen atoms in total. The minimum absolute atomic E-state index is 0.179. The Balaban J connectivity index is 1.55. The smallest absolute Gasteiger partial charge is 0.420 e. The SMILES string of the molecule is CCOC(=O)[N+]1(c2ncc(C(=O)Nc3nc(-c4ccccc4)cs3)cc2Cl)CCC([C]=O)CC1. The Bertz CT molecular complexity index is 1190. The Hall–Kier alpha value is -3.14. The number of aromatic nitrogens is 2. The van der Waals surface area contributed by atoms with Gasteiger partial charge in [0, 0.05) is 35.9 Å². The number of thiazole rings is 1. The van der Waals surface area contributed by atoms with Gasteiger partial charge < -0.3 is 4.74 Å². The maximum absolute atomic E-state index is 12.9. The van der Waals surface area contributed by atoms with Gasteiger partial charge in [0.05, 0.1) is 31.0 Å². The van der Waals surface area contributed by atoms with Gasteiger partial charge in [-0.25, -0.2) is 9.97 Å². The predicted molar refractivity (Wildman–Crippen MR) is 132 cm³/mol. The van der Waals surface area contributed by atoms with Crippen molar-refractivity contribution in [3.63, 3.8) is 0 Å². The molecular formula is C24H23ClN4O4S+. The number of hydrogen-bond acceptors (Lipinski definition) is 7. The molecule has 0 atom stereocenters. The second-order valence-electron chi connectivity index (χ2n) is 7.89. The maximum Gasteiger partial charge on any atom is 0.522 e. The van der Waals surface area contributed by atoms with Crippen molar-refractivity contribution in [2.24, 2.45) is 5.92 Å². The molecule has 1 fully saturated rings. The molecule has 1 radical (unpaired) electrons. The molecule has 0 saturated carbocycles. The fourth-order valence-electron chi connectivity index (χ4n) is 3.97. The summed E-state index contributed by atoms with van der Waals surface area (Å²) in [6.07, 6.45) is 3.86. The van der Waals surface area contributed by atoms with Crippen LogP contribution in [0.25, 0.3) is 11.3 Å². The standard InChI is InChI=1S/C24H22ClN4O4S/c1-2-33-24(32)29(10-8-16(14-30)9-11-29)21-19(25)12-18(13-26-21)22(31)28-23-27-20(15-34-23)17-6-4-3-5-7-17/h3-7,12-13,15-16H,2,8-11H2,1H3/p+1. The number of nitrogens with one attached hydrogen (secondary N) is 1. The van der Waals surface area contributed by atoms with E-state index < -0.39 is 12.0 Å². The van der Waals surface area contributed by atoms with Gasteiger partial charge in [-0.15, -0.1) is 11.3 Å². The third-order valence-electron chi connectivity index (χ3n) is 5.79. The molecule has 10 heteroatoms. The number of amides is 2. The third kappa shape index (κ3) is 4.86. The van der Waals surface area contributed by atoms with E-state index in [2.05, 4.69) is 15.3 Å². The number of pyridine rings is 1. The average Bonchev–Trinajstić information content (AvgIpc) is 3.33. The topological polar surface area (TPSA) is 98.2 Å². The van der Waals surface area contributed by atoms with Crippen molar-refractivity contribution >= 4 is 52.2 Å². The van der Waals surface area contributed by atoms with Crippen molar-refractivity contribution in [3.05, 3.63) is 58.6 Å². The maximum atomic E-state index is 12.9. The van der Waals surface area contributed by atoms with Crippen LogP contribution in [0, 0.1) is 5.92 Å². The first-order valence-electron chi connectivity index (χ1n) is 10.9. The summed E-state index contributed by atoms with van der Waals surface area (Å²) in [6.45, 7) is 2.57. The molecule has 1 aliphatic rings. The summed E-state index contributed by atoms with van der Waals surface area (Å²) in [5.74, 6) is -0.336. The number of quaternary nitrogens is 1. The van der Waals surface area contributed by atoms with Gasteiger partial charge in [-0.1, -0.05) is 41.9 Å². The van der Waals surface area contributed by atoms with Gasteiger partial charge in [0.25, 0.3) is 11.7 Å². The second kappa shape index (κ2) is 10.4. The summed E-state index contributed by atoms with van der Waals surface area (Å²) in [5.41, 5.74) is 1.96. The summed E-state index contributed by atoms with van der Waals surface area (Å²) in [4.78, 5) is 45.7. The lowest BCUT2D eigenvalue weighted by Gasteiger charge is -2.37. The van der Waals surface area contributed by atoms with Crippen molar-refractivity contribution in [2.75, 3.05) is 25.0 Å². The molecular weight excluding hydrogens is 476 g/mol. The highest BCUT2D eigenvalue weighted by molar-refractivity contribution is 7.14. The van der Waals surface area contributed by atoms with Crippen LogP contribution < -0.4 is 9.80 Å². The van der Waals surface area contributed by atoms with Gasteiger partial charge in [0.2, 0.25) is 6.29 Å². The molecule has 1 aliphatic heterocycles. The van der Waals surface area contributed by atoms with E-state index in [9.17, 15) is 14.4 Å². The van der Waals surface area contributed by atoms with Crippen LogP contribution in [0.2, 0.25) is 5.02 Å². The molecule has 2 aromatic heterocycles. The first kappa shape index (κ1) is 24.0. The monoisotopic (exact) mass is 498 g/mol. The van der Waals surface area contributed by atoms with E-state index in [4.69, 9.17) is 16.3 Å². The Morgan fingerprint density at radius 3 is 2.65 bits per heavy atom. The van der Waals surface area contributed by atoms with Crippen LogP contribution in [0.1, 0.15) is 30.1 Å². The van der Waals surface area contributed by atoms with Crippen molar-refractivity contribution in [1.82, 2.24) is 14.5 Å². The first-order chi connectivity index (χ1) is 16.5. The third-order valence-corrected chi connectivity index (χ3v) is 6.82. The number of likely N-dealkylation sites (tertiary alicyclic amines) is 1. The number of benzene rings is 1. The number of piperidine rings is 1. The zero-order valence-corrected chi connectivity index (χ0v) is 20.1. The zero-order chi connectivity index (χ0) is 24.1. The van der Waals surface area contributed by atoms with Crippen molar-refractivity contribution in [3.8, 4) is 11.3 Å². The molecule has 3 aromatic rings. The van der Waals surface area contributed by atoms with E-state index in [1.165, 1.54) is 23.6 Å². The highest BCUT2D eigenvalue weighted by atomic mass is 35.5. The molecule has 0 unspecified atom stereocenters. The fourth-order valence-corrected chi connectivity index (χ4v) is 5.01. The quantitative estimate of drug-likeness (QED) is 0.475. The van der Waals surface area contributed by atoms with Crippen LogP contribution in [-0.4, -0.2) is 48.0 Å². The lowest BCUT2D eigenvalue weighted by molar-refractivity contribution is 0.0963. The Morgan fingerprint density at radius 2 is 2.00 bits per heavy atom. The number of ether oxygens (including phenoxy) is 1. The largest absolute Gasteiger partial charge is 0.522 e. The molecule has 1 N–H and O–H groups in total. The van der Waals surface area contributed by atoms with E-state index in [-0.39, 0.29) is 27.6 Å². The number of nitrogens with zero attached hydrogens (tertiary/aromatic N) is 3. The predicted octanol–water partition coefficient (Wildman–Crippen LogP) is 5.09. The van der Waals surface area contributed by atoms with Crippen LogP contribution in [0.3, 0.4) is 0 Å². The summed E-state index contributed by atoms with van der Waals surface area (Å²) in [7, 11) is 0. The minimum atomic E-state index is -0.477. The summed E-state index contributed by atoms with van der Waals surface area (Å²) < 4.78 is 5.09. The van der Waals surface area contributed by atoms with Crippen LogP contribution >= 0.6 is 22.9 Å². The molecule has 0 aliphatic carbocycles. The van der Waals surface area contributed by atoms with Crippen LogP contribution in [-0.2, 0) is 9.53 Å². The number of carbonyl (C=O) groups is 2. The van der Waals surface area contributed by atoms with Crippen LogP contribution in [0.4, 0.5) is 15.7 Å². The van der Waals surface area contributed by atoms with E-state index in [0.717, 1.165) is 11.3 Å².